The van der Waals surface area contributed by atoms with Gasteiger partial charge in [0, 0.05) is 21.7 Å². The Morgan fingerprint density at radius 2 is 2.44 bits per heavy atom. The first-order chi connectivity index (χ1) is 8.60. The van der Waals surface area contributed by atoms with Gasteiger partial charge in [-0.3, -0.25) is 4.79 Å². The fraction of sp³-hybridized carbons (Fsp3) is 0.333. The van der Waals surface area contributed by atoms with Gasteiger partial charge in [-0.2, -0.15) is 0 Å². The third-order valence-corrected chi connectivity index (χ3v) is 4.31. The lowest BCUT2D eigenvalue weighted by Crippen LogP contribution is -2.26. The number of halogens is 1. The predicted octanol–water partition coefficient (Wildman–Crippen LogP) is 3.29. The number of rotatable bonds is 4. The van der Waals surface area contributed by atoms with Crippen LogP contribution in [0.5, 0.6) is 0 Å². The minimum Gasteiger partial charge on any atom is -0.356 e. The van der Waals surface area contributed by atoms with Crippen LogP contribution in [-0.2, 0) is 6.42 Å². The Kier molecular flexibility index (Phi) is 4.19. The minimum atomic E-state index is -0.124. The summed E-state index contributed by atoms with van der Waals surface area (Å²) < 4.78 is 0.864. The van der Waals surface area contributed by atoms with Crippen LogP contribution in [0.15, 0.2) is 22.9 Å². The Morgan fingerprint density at radius 3 is 3.00 bits per heavy atom. The highest BCUT2D eigenvalue weighted by Gasteiger charge is 2.15. The SMILES string of the molecule is CCc1cnc(C(C)NC(=O)c2cc(Br)c[nH]2)s1. The number of aryl methyl sites for hydroxylation is 1. The molecule has 1 atom stereocenters. The Bertz CT molecular complexity index is 549. The Morgan fingerprint density at radius 1 is 1.67 bits per heavy atom. The summed E-state index contributed by atoms with van der Waals surface area (Å²) in [5, 5.41) is 3.86. The van der Waals surface area contributed by atoms with Crippen LogP contribution in [0.2, 0.25) is 0 Å². The number of carbonyl (C=O) groups excluding carboxylic acids is 1. The van der Waals surface area contributed by atoms with Crippen LogP contribution in [0, 0.1) is 0 Å². The van der Waals surface area contributed by atoms with Gasteiger partial charge in [0.2, 0.25) is 0 Å². The molecule has 0 aromatic carbocycles. The summed E-state index contributed by atoms with van der Waals surface area (Å²) in [5.74, 6) is -0.124. The highest BCUT2D eigenvalue weighted by molar-refractivity contribution is 9.10. The van der Waals surface area contributed by atoms with E-state index >= 15 is 0 Å². The van der Waals surface area contributed by atoms with Crippen molar-refractivity contribution in [1.82, 2.24) is 15.3 Å². The molecule has 18 heavy (non-hydrogen) atoms. The van der Waals surface area contributed by atoms with Crippen LogP contribution in [0.3, 0.4) is 0 Å². The van der Waals surface area contributed by atoms with Crippen molar-refractivity contribution in [2.24, 2.45) is 0 Å². The second-order valence-electron chi connectivity index (χ2n) is 3.95. The molecule has 6 heteroatoms. The van der Waals surface area contributed by atoms with E-state index in [1.807, 2.05) is 13.1 Å². The molecule has 1 unspecified atom stereocenters. The second kappa shape index (κ2) is 5.67. The van der Waals surface area contributed by atoms with Gasteiger partial charge in [0.1, 0.15) is 10.7 Å². The van der Waals surface area contributed by atoms with Gasteiger partial charge in [-0.15, -0.1) is 11.3 Å². The maximum Gasteiger partial charge on any atom is 0.268 e. The van der Waals surface area contributed by atoms with Crippen LogP contribution >= 0.6 is 27.3 Å². The van der Waals surface area contributed by atoms with Gasteiger partial charge in [-0.05, 0) is 35.3 Å². The molecule has 0 fully saturated rings. The van der Waals surface area contributed by atoms with Crippen LogP contribution in [0.25, 0.3) is 0 Å². The average Bonchev–Trinajstić information content (AvgIpc) is 2.97. The van der Waals surface area contributed by atoms with Crippen LogP contribution in [0.4, 0.5) is 0 Å². The molecule has 2 heterocycles. The summed E-state index contributed by atoms with van der Waals surface area (Å²) in [6.45, 7) is 4.03. The minimum absolute atomic E-state index is 0.0788. The quantitative estimate of drug-likeness (QED) is 0.905. The molecule has 0 spiro atoms. The van der Waals surface area contributed by atoms with Crippen molar-refractivity contribution in [3.05, 3.63) is 38.5 Å². The van der Waals surface area contributed by atoms with E-state index in [0.29, 0.717) is 5.69 Å². The lowest BCUT2D eigenvalue weighted by molar-refractivity contribution is 0.0935. The number of nitrogens with zero attached hydrogens (tertiary/aromatic N) is 1. The highest BCUT2D eigenvalue weighted by Crippen LogP contribution is 2.20. The van der Waals surface area contributed by atoms with Crippen molar-refractivity contribution in [1.29, 1.82) is 0 Å². The fourth-order valence-corrected chi connectivity index (χ4v) is 2.72. The molecule has 0 saturated heterocycles. The van der Waals surface area contributed by atoms with Crippen molar-refractivity contribution < 1.29 is 4.79 Å². The standard InChI is InChI=1S/C12H14BrN3OS/c1-3-9-6-15-12(18-9)7(2)16-11(17)10-4-8(13)5-14-10/h4-7,14H,3H2,1-2H3,(H,16,17). The largest absolute Gasteiger partial charge is 0.356 e. The van der Waals surface area contributed by atoms with E-state index in [1.165, 1.54) is 4.88 Å². The summed E-state index contributed by atoms with van der Waals surface area (Å²) in [4.78, 5) is 20.4. The molecule has 2 N–H and O–H groups in total. The molecule has 2 aromatic rings. The number of H-pyrrole nitrogens is 1. The van der Waals surface area contributed by atoms with Gasteiger partial charge >= 0.3 is 0 Å². The van der Waals surface area contributed by atoms with Gasteiger partial charge < -0.3 is 10.3 Å². The molecule has 0 aliphatic carbocycles. The normalized spacial score (nSPS) is 12.4. The maximum absolute atomic E-state index is 11.9. The summed E-state index contributed by atoms with van der Waals surface area (Å²) in [7, 11) is 0. The third kappa shape index (κ3) is 3.00. The highest BCUT2D eigenvalue weighted by atomic mass is 79.9. The first kappa shape index (κ1) is 13.3. The van der Waals surface area contributed by atoms with E-state index in [4.69, 9.17) is 0 Å². The smallest absolute Gasteiger partial charge is 0.268 e. The van der Waals surface area contributed by atoms with Gasteiger partial charge in [0.05, 0.1) is 6.04 Å². The topological polar surface area (TPSA) is 57.8 Å². The summed E-state index contributed by atoms with van der Waals surface area (Å²) in [5.41, 5.74) is 0.543. The number of hydrogen-bond donors (Lipinski definition) is 2. The number of hydrogen-bond acceptors (Lipinski definition) is 3. The number of aromatic nitrogens is 2. The Labute approximate surface area is 118 Å². The van der Waals surface area contributed by atoms with E-state index in [9.17, 15) is 4.79 Å². The van der Waals surface area contributed by atoms with Crippen LogP contribution in [-0.4, -0.2) is 15.9 Å². The van der Waals surface area contributed by atoms with E-state index in [0.717, 1.165) is 15.9 Å². The molecule has 0 saturated carbocycles. The molecule has 96 valence electrons. The number of nitrogens with one attached hydrogen (secondary N) is 2. The van der Waals surface area contributed by atoms with Crippen LogP contribution in [0.1, 0.15) is 40.3 Å². The first-order valence-electron chi connectivity index (χ1n) is 5.69. The van der Waals surface area contributed by atoms with Crippen molar-refractivity contribution >= 4 is 33.2 Å². The van der Waals surface area contributed by atoms with E-state index < -0.39 is 0 Å². The van der Waals surface area contributed by atoms with Gasteiger partial charge in [0.25, 0.3) is 5.91 Å². The molecule has 4 nitrogen and oxygen atoms in total. The zero-order valence-electron chi connectivity index (χ0n) is 10.2. The number of carbonyl (C=O) groups is 1. The Hall–Kier alpha value is -1.14. The zero-order valence-corrected chi connectivity index (χ0v) is 12.6. The zero-order chi connectivity index (χ0) is 13.1. The Balaban J connectivity index is 2.02. The lowest BCUT2D eigenvalue weighted by atomic mass is 10.3. The molecule has 2 rings (SSSR count). The number of aromatic amines is 1. The van der Waals surface area contributed by atoms with E-state index in [1.54, 1.807) is 23.6 Å². The summed E-state index contributed by atoms with van der Waals surface area (Å²) >= 11 is 4.94. The molecule has 0 aliphatic heterocycles. The van der Waals surface area contributed by atoms with Crippen molar-refractivity contribution in [3.8, 4) is 0 Å². The fourth-order valence-electron chi connectivity index (χ4n) is 1.52. The summed E-state index contributed by atoms with van der Waals surface area (Å²) in [6, 6.07) is 1.67. The van der Waals surface area contributed by atoms with E-state index in [2.05, 4.69) is 38.1 Å². The number of thiazole rings is 1. The molecule has 0 radical (unpaired) electrons. The van der Waals surface area contributed by atoms with E-state index in [-0.39, 0.29) is 11.9 Å². The average molecular weight is 328 g/mol. The lowest BCUT2D eigenvalue weighted by Gasteiger charge is -2.09. The third-order valence-electron chi connectivity index (χ3n) is 2.53. The van der Waals surface area contributed by atoms with Gasteiger partial charge in [-0.1, -0.05) is 6.92 Å². The maximum atomic E-state index is 11.9. The van der Waals surface area contributed by atoms with Crippen LogP contribution < -0.4 is 5.32 Å². The molecule has 0 aliphatic rings. The molecular weight excluding hydrogens is 314 g/mol. The molecule has 1 amide bonds. The van der Waals surface area contributed by atoms with Crippen molar-refractivity contribution in [2.45, 2.75) is 26.3 Å². The van der Waals surface area contributed by atoms with Crippen molar-refractivity contribution in [3.63, 3.8) is 0 Å². The van der Waals surface area contributed by atoms with Gasteiger partial charge in [-0.25, -0.2) is 4.98 Å². The predicted molar refractivity (Wildman–Crippen MR) is 75.9 cm³/mol. The first-order valence-corrected chi connectivity index (χ1v) is 7.30. The summed E-state index contributed by atoms with van der Waals surface area (Å²) in [6.07, 6.45) is 4.58. The molecular formula is C12H14BrN3OS. The monoisotopic (exact) mass is 327 g/mol. The van der Waals surface area contributed by atoms with Gasteiger partial charge in [0.15, 0.2) is 0 Å². The van der Waals surface area contributed by atoms with Crippen molar-refractivity contribution in [2.75, 3.05) is 0 Å². The number of amides is 1. The second-order valence-corrected chi connectivity index (χ2v) is 6.01. The molecule has 0 bridgehead atoms. The molecule has 2 aromatic heterocycles.